The van der Waals surface area contributed by atoms with Crippen molar-refractivity contribution in [3.05, 3.63) is 22.7 Å². The van der Waals surface area contributed by atoms with Crippen LogP contribution < -0.4 is 10.5 Å². The summed E-state index contributed by atoms with van der Waals surface area (Å²) < 4.78 is 5.02. The van der Waals surface area contributed by atoms with Crippen LogP contribution in [0.1, 0.15) is 38.3 Å². The molecule has 0 saturated heterocycles. The van der Waals surface area contributed by atoms with Crippen LogP contribution in [0.5, 0.6) is 11.5 Å². The van der Waals surface area contributed by atoms with E-state index in [2.05, 4.69) is 13.8 Å². The molecule has 0 fully saturated rings. The van der Waals surface area contributed by atoms with E-state index in [0.717, 1.165) is 6.42 Å². The van der Waals surface area contributed by atoms with Crippen LogP contribution in [0.3, 0.4) is 0 Å². The van der Waals surface area contributed by atoms with Gasteiger partial charge in [0.05, 0.1) is 24.3 Å². The van der Waals surface area contributed by atoms with E-state index in [1.807, 2.05) is 0 Å². The number of ether oxygens (including phenoxy) is 1. The molecular weight excluding hydrogens is 301 g/mol. The summed E-state index contributed by atoms with van der Waals surface area (Å²) in [5, 5.41) is 19.9. The Morgan fingerprint density at radius 3 is 2.40 bits per heavy atom. The number of aromatic hydroxyl groups is 1. The molecule has 2 atom stereocenters. The molecule has 1 aromatic rings. The first kappa shape index (κ1) is 19.3. The van der Waals surface area contributed by atoms with Gasteiger partial charge in [0, 0.05) is 0 Å². The monoisotopic (exact) mass is 323 g/mol. The van der Waals surface area contributed by atoms with Gasteiger partial charge >= 0.3 is 0 Å². The summed E-state index contributed by atoms with van der Waals surface area (Å²) in [4.78, 5) is 0. The normalized spacial score (nSPS) is 13.8. The minimum absolute atomic E-state index is 0. The molecule has 6 heteroatoms. The van der Waals surface area contributed by atoms with E-state index in [1.54, 1.807) is 12.1 Å². The zero-order chi connectivity index (χ0) is 14.6. The van der Waals surface area contributed by atoms with Crippen molar-refractivity contribution in [2.75, 3.05) is 7.11 Å². The van der Waals surface area contributed by atoms with Crippen molar-refractivity contribution >= 4 is 24.0 Å². The lowest BCUT2D eigenvalue weighted by Gasteiger charge is -2.21. The molecule has 0 amide bonds. The number of methoxy groups -OCH3 is 1. The topological polar surface area (TPSA) is 75.7 Å². The van der Waals surface area contributed by atoms with Gasteiger partial charge in [0.25, 0.3) is 0 Å². The van der Waals surface area contributed by atoms with E-state index in [1.165, 1.54) is 7.11 Å². The van der Waals surface area contributed by atoms with Crippen LogP contribution in [0.15, 0.2) is 12.1 Å². The van der Waals surface area contributed by atoms with Gasteiger partial charge in [-0.1, -0.05) is 25.4 Å². The zero-order valence-corrected chi connectivity index (χ0v) is 13.5. The van der Waals surface area contributed by atoms with Crippen LogP contribution in [0.25, 0.3) is 0 Å². The molecule has 116 valence electrons. The number of rotatable bonds is 6. The highest BCUT2D eigenvalue weighted by atomic mass is 35.5. The summed E-state index contributed by atoms with van der Waals surface area (Å²) in [6.07, 6.45) is 0.880. The Morgan fingerprint density at radius 2 is 1.90 bits per heavy atom. The third-order valence-electron chi connectivity index (χ3n) is 3.11. The lowest BCUT2D eigenvalue weighted by atomic mass is 9.96. The molecule has 20 heavy (non-hydrogen) atoms. The van der Waals surface area contributed by atoms with Gasteiger partial charge in [0.1, 0.15) is 0 Å². The van der Waals surface area contributed by atoms with E-state index < -0.39 is 12.1 Å². The maximum absolute atomic E-state index is 10.1. The van der Waals surface area contributed by atoms with Crippen LogP contribution in [0.2, 0.25) is 5.02 Å². The quantitative estimate of drug-likeness (QED) is 0.751. The minimum Gasteiger partial charge on any atom is -0.503 e. The summed E-state index contributed by atoms with van der Waals surface area (Å²) in [7, 11) is 1.44. The standard InChI is InChI=1S/C14H22ClNO3.ClH/c1-8(2)4-5-11(17)13(16)9-6-10(15)14(18)12(7-9)19-3;/h6-8,11,13,17-18H,4-5,16H2,1-3H3;1H/t11-,13+;/m0./s1. The number of benzene rings is 1. The molecule has 1 rings (SSSR count). The molecule has 0 heterocycles. The van der Waals surface area contributed by atoms with Crippen molar-refractivity contribution in [1.29, 1.82) is 0 Å². The lowest BCUT2D eigenvalue weighted by Crippen LogP contribution is -2.26. The van der Waals surface area contributed by atoms with Crippen LogP contribution >= 0.6 is 24.0 Å². The number of halogens is 2. The lowest BCUT2D eigenvalue weighted by molar-refractivity contribution is 0.128. The highest BCUT2D eigenvalue weighted by Gasteiger charge is 2.20. The van der Waals surface area contributed by atoms with Crippen LogP contribution in [0, 0.1) is 5.92 Å². The third-order valence-corrected chi connectivity index (χ3v) is 3.40. The Hall–Kier alpha value is -0.680. The molecule has 0 aromatic heterocycles. The predicted octanol–water partition coefficient (Wildman–Crippen LogP) is 3.27. The Kier molecular flexibility index (Phi) is 8.28. The van der Waals surface area contributed by atoms with Gasteiger partial charge in [0.15, 0.2) is 11.5 Å². The predicted molar refractivity (Wildman–Crippen MR) is 83.9 cm³/mol. The van der Waals surface area contributed by atoms with Gasteiger partial charge < -0.3 is 20.7 Å². The average Bonchev–Trinajstić information content (AvgIpc) is 2.37. The Labute approximate surface area is 131 Å². The molecule has 0 aliphatic heterocycles. The molecule has 1 aromatic carbocycles. The van der Waals surface area contributed by atoms with Gasteiger partial charge in [-0.05, 0) is 36.5 Å². The Balaban J connectivity index is 0.00000361. The van der Waals surface area contributed by atoms with Crippen molar-refractivity contribution in [2.24, 2.45) is 11.7 Å². The number of aliphatic hydroxyl groups is 1. The number of aliphatic hydroxyl groups excluding tert-OH is 1. The number of hydrogen-bond acceptors (Lipinski definition) is 4. The molecule has 4 N–H and O–H groups in total. The summed E-state index contributed by atoms with van der Waals surface area (Å²) in [5.74, 6) is 0.658. The molecule has 0 saturated carbocycles. The average molecular weight is 324 g/mol. The largest absolute Gasteiger partial charge is 0.503 e. The highest BCUT2D eigenvalue weighted by molar-refractivity contribution is 6.32. The molecule has 0 aliphatic carbocycles. The van der Waals surface area contributed by atoms with E-state index in [-0.39, 0.29) is 28.9 Å². The fourth-order valence-corrected chi connectivity index (χ4v) is 2.07. The second kappa shape index (κ2) is 8.57. The fourth-order valence-electron chi connectivity index (χ4n) is 1.85. The Morgan fingerprint density at radius 1 is 1.30 bits per heavy atom. The molecular formula is C14H23Cl2NO3. The summed E-state index contributed by atoms with van der Waals surface area (Å²) in [5.41, 5.74) is 6.67. The maximum atomic E-state index is 10.1. The second-order valence-corrected chi connectivity index (χ2v) is 5.53. The number of hydrogen-bond donors (Lipinski definition) is 3. The molecule has 0 aliphatic rings. The van der Waals surface area contributed by atoms with Crippen LogP contribution in [-0.4, -0.2) is 23.4 Å². The first-order valence-corrected chi connectivity index (χ1v) is 6.74. The third kappa shape index (κ3) is 5.02. The molecule has 0 unspecified atom stereocenters. The van der Waals surface area contributed by atoms with Crippen molar-refractivity contribution < 1.29 is 14.9 Å². The van der Waals surface area contributed by atoms with Gasteiger partial charge in [-0.3, -0.25) is 0 Å². The highest BCUT2D eigenvalue weighted by Crippen LogP contribution is 2.37. The number of phenols is 1. The summed E-state index contributed by atoms with van der Waals surface area (Å²) >= 11 is 5.91. The molecule has 0 radical (unpaired) electrons. The SMILES string of the molecule is COc1cc([C@@H](N)[C@@H](O)CCC(C)C)cc(Cl)c1O.Cl. The smallest absolute Gasteiger partial charge is 0.176 e. The summed E-state index contributed by atoms with van der Waals surface area (Å²) in [6, 6.07) is 2.61. The molecule has 4 nitrogen and oxygen atoms in total. The van der Waals surface area contributed by atoms with Gasteiger partial charge in [0.2, 0.25) is 0 Å². The van der Waals surface area contributed by atoms with Crippen molar-refractivity contribution in [2.45, 2.75) is 38.8 Å². The number of nitrogens with two attached hydrogens (primary N) is 1. The van der Waals surface area contributed by atoms with E-state index in [9.17, 15) is 10.2 Å². The van der Waals surface area contributed by atoms with Gasteiger partial charge in [-0.25, -0.2) is 0 Å². The van der Waals surface area contributed by atoms with Crippen molar-refractivity contribution in [3.8, 4) is 11.5 Å². The van der Waals surface area contributed by atoms with E-state index in [0.29, 0.717) is 17.9 Å². The van der Waals surface area contributed by atoms with Crippen LogP contribution in [-0.2, 0) is 0 Å². The Bertz CT molecular complexity index is 427. The van der Waals surface area contributed by atoms with Crippen LogP contribution in [0.4, 0.5) is 0 Å². The zero-order valence-electron chi connectivity index (χ0n) is 12.0. The first-order valence-electron chi connectivity index (χ1n) is 6.36. The molecule has 0 spiro atoms. The summed E-state index contributed by atoms with van der Waals surface area (Å²) in [6.45, 7) is 4.19. The van der Waals surface area contributed by atoms with Crippen molar-refractivity contribution in [3.63, 3.8) is 0 Å². The second-order valence-electron chi connectivity index (χ2n) is 5.12. The maximum Gasteiger partial charge on any atom is 0.176 e. The fraction of sp³-hybridized carbons (Fsp3) is 0.571. The number of phenolic OH excluding ortho intramolecular Hbond substituents is 1. The van der Waals surface area contributed by atoms with Gasteiger partial charge in [-0.2, -0.15) is 0 Å². The first-order chi connectivity index (χ1) is 8.86. The van der Waals surface area contributed by atoms with E-state index >= 15 is 0 Å². The van der Waals surface area contributed by atoms with Gasteiger partial charge in [-0.15, -0.1) is 12.4 Å². The van der Waals surface area contributed by atoms with E-state index in [4.69, 9.17) is 22.1 Å². The molecule has 0 bridgehead atoms. The van der Waals surface area contributed by atoms with Crippen molar-refractivity contribution in [1.82, 2.24) is 0 Å². The minimum atomic E-state index is -0.646.